The Morgan fingerprint density at radius 2 is 1.88 bits per heavy atom. The first kappa shape index (κ1) is 25.8. The van der Waals surface area contributed by atoms with Crippen molar-refractivity contribution >= 4 is 23.8 Å². The third-order valence-electron chi connectivity index (χ3n) is 3.38. The van der Waals surface area contributed by atoms with Crippen LogP contribution in [0.25, 0.3) is 0 Å². The number of likely N-dealkylation sites (N-methyl/N-ethyl adjacent to an activating group) is 1. The molecule has 2 unspecified atom stereocenters. The smallest absolute Gasteiger partial charge is 0.222 e. The van der Waals surface area contributed by atoms with Gasteiger partial charge in [-0.3, -0.25) is 4.79 Å². The number of nitrogens with one attached hydrogen (secondary N) is 2. The van der Waals surface area contributed by atoms with E-state index in [4.69, 9.17) is 16.4 Å². The van der Waals surface area contributed by atoms with E-state index in [2.05, 4.69) is 23.3 Å². The fourth-order valence-corrected chi connectivity index (χ4v) is 2.33. The molecule has 1 rings (SSSR count). The summed E-state index contributed by atoms with van der Waals surface area (Å²) in [6, 6.07) is 7.73. The van der Waals surface area contributed by atoms with Crippen molar-refractivity contribution in [1.29, 1.82) is 0 Å². The molecule has 0 aliphatic heterocycles. The van der Waals surface area contributed by atoms with E-state index in [9.17, 15) is 4.79 Å². The van der Waals surface area contributed by atoms with Crippen LogP contribution in [0.5, 0.6) is 0 Å². The summed E-state index contributed by atoms with van der Waals surface area (Å²) in [6.07, 6.45) is 2.59. The van der Waals surface area contributed by atoms with E-state index in [0.717, 1.165) is 23.4 Å². The van der Waals surface area contributed by atoms with Gasteiger partial charge in [0.05, 0.1) is 6.04 Å². The van der Waals surface area contributed by atoms with Crippen molar-refractivity contribution in [3.05, 3.63) is 34.9 Å². The van der Waals surface area contributed by atoms with E-state index in [0.29, 0.717) is 12.8 Å². The van der Waals surface area contributed by atoms with Gasteiger partial charge in [-0.05, 0) is 25.1 Å². The van der Waals surface area contributed by atoms with E-state index >= 15 is 0 Å². The number of halogens is 1. The highest BCUT2D eigenvalue weighted by Gasteiger charge is 2.16. The number of carbonyl (C=O) groups is 2. The van der Waals surface area contributed by atoms with Gasteiger partial charge in [0.15, 0.2) is 0 Å². The molecule has 0 saturated carbocycles. The highest BCUT2D eigenvalue weighted by molar-refractivity contribution is 6.31. The van der Waals surface area contributed by atoms with Gasteiger partial charge in [0.2, 0.25) is 5.91 Å². The second kappa shape index (κ2) is 17.4. The lowest BCUT2D eigenvalue weighted by atomic mass is 10.0. The average molecular weight is 372 g/mol. The number of amides is 1. The fourth-order valence-electron chi connectivity index (χ4n) is 2.07. The Bertz CT molecular complexity index is 470. The van der Waals surface area contributed by atoms with Gasteiger partial charge < -0.3 is 21.2 Å². The lowest BCUT2D eigenvalue weighted by molar-refractivity contribution is -0.124. The summed E-state index contributed by atoms with van der Waals surface area (Å²) in [5.74, 6) is 0.169. The van der Waals surface area contributed by atoms with Crippen LogP contribution in [0.15, 0.2) is 24.3 Å². The van der Waals surface area contributed by atoms with Crippen molar-refractivity contribution in [3.63, 3.8) is 0 Å². The third-order valence-corrected chi connectivity index (χ3v) is 3.72. The number of aldehydes is 1. The van der Waals surface area contributed by atoms with E-state index in [1.807, 2.05) is 52.1 Å². The average Bonchev–Trinajstić information content (AvgIpc) is 2.65. The summed E-state index contributed by atoms with van der Waals surface area (Å²) in [5, 5.41) is 6.89. The van der Waals surface area contributed by atoms with Crippen LogP contribution in [-0.2, 0) is 9.59 Å². The van der Waals surface area contributed by atoms with Crippen LogP contribution in [0, 0.1) is 5.92 Å². The molecule has 0 aliphatic rings. The quantitative estimate of drug-likeness (QED) is 0.612. The molecule has 1 aromatic carbocycles. The molecule has 0 bridgehead atoms. The molecule has 0 heterocycles. The maximum atomic E-state index is 11.9. The van der Waals surface area contributed by atoms with Crippen LogP contribution in [0.2, 0.25) is 5.02 Å². The predicted molar refractivity (Wildman–Crippen MR) is 107 cm³/mol. The van der Waals surface area contributed by atoms with Gasteiger partial charge in [-0.15, -0.1) is 0 Å². The molecule has 0 fully saturated rings. The van der Waals surface area contributed by atoms with Gasteiger partial charge in [-0.25, -0.2) is 0 Å². The zero-order valence-electron chi connectivity index (χ0n) is 16.1. The lowest BCUT2D eigenvalue weighted by Crippen LogP contribution is -2.36. The van der Waals surface area contributed by atoms with Crippen LogP contribution in [0.1, 0.15) is 52.1 Å². The summed E-state index contributed by atoms with van der Waals surface area (Å²) in [7, 11) is 1.87. The van der Waals surface area contributed by atoms with Gasteiger partial charge in [0.1, 0.15) is 6.29 Å². The topological polar surface area (TPSA) is 84.2 Å². The maximum Gasteiger partial charge on any atom is 0.222 e. The molecule has 0 aliphatic carbocycles. The van der Waals surface area contributed by atoms with Gasteiger partial charge >= 0.3 is 0 Å². The normalized spacial score (nSPS) is 11.8. The first-order chi connectivity index (χ1) is 12.0. The van der Waals surface area contributed by atoms with Crippen molar-refractivity contribution < 1.29 is 9.59 Å². The number of hydrogen-bond acceptors (Lipinski definition) is 4. The summed E-state index contributed by atoms with van der Waals surface area (Å²) >= 11 is 6.17. The Hall–Kier alpha value is -1.43. The van der Waals surface area contributed by atoms with Crippen LogP contribution in [0.3, 0.4) is 0 Å². The zero-order valence-corrected chi connectivity index (χ0v) is 16.9. The summed E-state index contributed by atoms with van der Waals surface area (Å²) in [4.78, 5) is 20.9. The van der Waals surface area contributed by atoms with E-state index in [1.54, 1.807) is 0 Å². The van der Waals surface area contributed by atoms with E-state index < -0.39 is 0 Å². The van der Waals surface area contributed by atoms with Gasteiger partial charge in [0.25, 0.3) is 0 Å². The van der Waals surface area contributed by atoms with Crippen LogP contribution < -0.4 is 16.4 Å². The van der Waals surface area contributed by atoms with E-state index in [-0.39, 0.29) is 24.4 Å². The number of rotatable bonds is 8. The molecule has 0 radical (unpaired) electrons. The second-order valence-electron chi connectivity index (χ2n) is 5.20. The van der Waals surface area contributed by atoms with Gasteiger partial charge in [-0.1, -0.05) is 63.9 Å². The van der Waals surface area contributed by atoms with Crippen LogP contribution in [-0.4, -0.2) is 32.3 Å². The monoisotopic (exact) mass is 371 g/mol. The SMILES string of the molecule is CC.CCCC(C)C(=O)NCC(NC)c1ccccc1Cl.NCC=O. The number of benzene rings is 1. The number of hydrogen-bond donors (Lipinski definition) is 3. The molecule has 1 aromatic rings. The zero-order chi connectivity index (χ0) is 19.7. The Morgan fingerprint density at radius 1 is 1.32 bits per heavy atom. The fraction of sp³-hybridized carbons (Fsp3) is 0.579. The summed E-state index contributed by atoms with van der Waals surface area (Å²) in [5.41, 5.74) is 5.67. The molecule has 6 heteroatoms. The highest BCUT2D eigenvalue weighted by atomic mass is 35.5. The number of carbonyl (C=O) groups excluding carboxylic acids is 2. The molecule has 0 aromatic heterocycles. The van der Waals surface area contributed by atoms with Crippen molar-refractivity contribution in [3.8, 4) is 0 Å². The molecule has 25 heavy (non-hydrogen) atoms. The second-order valence-corrected chi connectivity index (χ2v) is 5.61. The minimum absolute atomic E-state index is 0.0338. The molecular weight excluding hydrogens is 338 g/mol. The van der Waals surface area contributed by atoms with Crippen molar-refractivity contribution in [1.82, 2.24) is 10.6 Å². The molecule has 2 atom stereocenters. The number of nitrogens with two attached hydrogens (primary N) is 1. The maximum absolute atomic E-state index is 11.9. The first-order valence-electron chi connectivity index (χ1n) is 8.84. The Labute approximate surface area is 157 Å². The standard InChI is InChI=1S/C15H23ClN2O.C2H5NO.C2H6/c1-4-7-11(2)15(19)18-10-14(17-3)12-8-5-6-9-13(12)16;3-1-2-4;1-2/h5-6,8-9,11,14,17H,4,7,10H2,1-3H3,(H,18,19);2H,1,3H2;1-2H3. The largest absolute Gasteiger partial charge is 0.354 e. The predicted octanol–water partition coefficient (Wildman–Crippen LogP) is 3.32. The Balaban J connectivity index is 0. The molecule has 4 N–H and O–H groups in total. The van der Waals surface area contributed by atoms with Crippen molar-refractivity contribution in [2.24, 2.45) is 11.7 Å². The molecular formula is C19H34ClN3O2. The summed E-state index contributed by atoms with van der Waals surface area (Å²) in [6.45, 7) is 8.74. The highest BCUT2D eigenvalue weighted by Crippen LogP contribution is 2.21. The molecule has 144 valence electrons. The first-order valence-corrected chi connectivity index (χ1v) is 9.22. The summed E-state index contributed by atoms with van der Waals surface area (Å²) < 4.78 is 0. The minimum atomic E-state index is 0.0338. The lowest BCUT2D eigenvalue weighted by Gasteiger charge is -2.20. The van der Waals surface area contributed by atoms with E-state index in [1.165, 1.54) is 0 Å². The van der Waals surface area contributed by atoms with Crippen molar-refractivity contribution in [2.45, 2.75) is 46.6 Å². The van der Waals surface area contributed by atoms with Gasteiger partial charge in [0, 0.05) is 24.0 Å². The molecule has 5 nitrogen and oxygen atoms in total. The Morgan fingerprint density at radius 3 is 2.32 bits per heavy atom. The third kappa shape index (κ3) is 11.7. The van der Waals surface area contributed by atoms with Crippen LogP contribution >= 0.6 is 11.6 Å². The van der Waals surface area contributed by atoms with Crippen LogP contribution in [0.4, 0.5) is 0 Å². The molecule has 0 spiro atoms. The van der Waals surface area contributed by atoms with Gasteiger partial charge in [-0.2, -0.15) is 0 Å². The Kier molecular flexibility index (Phi) is 18.0. The van der Waals surface area contributed by atoms with Crippen molar-refractivity contribution in [2.75, 3.05) is 20.1 Å². The molecule has 1 amide bonds. The molecule has 0 saturated heterocycles. The minimum Gasteiger partial charge on any atom is -0.354 e.